The van der Waals surface area contributed by atoms with Crippen LogP contribution in [0.25, 0.3) is 110 Å². The topological polar surface area (TPSA) is 23.0 Å². The summed E-state index contributed by atoms with van der Waals surface area (Å²) in [5.41, 5.74) is 15.6. The molecule has 0 atom stereocenters. The van der Waals surface area contributed by atoms with Crippen LogP contribution in [0, 0.1) is 0 Å². The van der Waals surface area contributed by atoms with E-state index in [0.29, 0.717) is 0 Å². The molecule has 0 saturated carbocycles. The van der Waals surface area contributed by atoms with Gasteiger partial charge in [0.1, 0.15) is 11.2 Å². The molecule has 0 aliphatic heterocycles. The molecular weight excluding hydrogens is 937 g/mol. The third-order valence-electron chi connectivity index (χ3n) is 15.9. The summed E-state index contributed by atoms with van der Waals surface area (Å²) in [7, 11) is -2.89. The van der Waals surface area contributed by atoms with Crippen molar-refractivity contribution in [3.05, 3.63) is 291 Å². The number of fused-ring (bicyclic) bond motifs is 9. The smallest absolute Gasteiger partial charge is 0.179 e. The van der Waals surface area contributed by atoms with Gasteiger partial charge >= 0.3 is 0 Å². The Bertz CT molecular complexity index is 4580. The van der Waals surface area contributed by atoms with E-state index in [1.165, 1.54) is 75.6 Å². The van der Waals surface area contributed by atoms with Crippen molar-refractivity contribution in [1.29, 1.82) is 0 Å². The van der Waals surface area contributed by atoms with Crippen LogP contribution in [-0.2, 0) is 0 Å². The predicted molar refractivity (Wildman–Crippen MR) is 322 cm³/mol. The average Bonchev–Trinajstić information content (AvgIpc) is 4.26. The lowest BCUT2D eigenvalue weighted by Crippen LogP contribution is -2.74. The van der Waals surface area contributed by atoms with Gasteiger partial charge in [0.05, 0.1) is 22.1 Å². The van der Waals surface area contributed by atoms with Gasteiger partial charge in [0.25, 0.3) is 0 Å². The van der Waals surface area contributed by atoms with Crippen LogP contribution >= 0.6 is 0 Å². The van der Waals surface area contributed by atoms with E-state index in [0.717, 1.165) is 55.5 Å². The minimum Gasteiger partial charge on any atom is -0.455 e. The molecule has 0 spiro atoms. The summed E-state index contributed by atoms with van der Waals surface area (Å²) in [5, 5.41) is 12.4. The van der Waals surface area contributed by atoms with Crippen LogP contribution in [0.1, 0.15) is 0 Å². The summed E-state index contributed by atoms with van der Waals surface area (Å²) in [6.45, 7) is 0. The summed E-state index contributed by atoms with van der Waals surface area (Å²) in [4.78, 5) is 0. The molecule has 0 radical (unpaired) electrons. The molecule has 0 aliphatic rings. The Balaban J connectivity index is 0.989. The number of aromatic nitrogens is 2. The lowest BCUT2D eigenvalue weighted by molar-refractivity contribution is 0.670. The minimum atomic E-state index is -2.89. The first kappa shape index (κ1) is 43.8. The highest BCUT2D eigenvalue weighted by molar-refractivity contribution is 7.20. The molecule has 15 rings (SSSR count). The van der Waals surface area contributed by atoms with E-state index in [2.05, 4.69) is 300 Å². The Morgan fingerprint density at radius 2 is 0.750 bits per heavy atom. The summed E-state index contributed by atoms with van der Waals surface area (Å²) in [6.07, 6.45) is 0. The van der Waals surface area contributed by atoms with E-state index in [1.54, 1.807) is 0 Å². The van der Waals surface area contributed by atoms with Crippen molar-refractivity contribution in [3.8, 4) is 44.8 Å². The van der Waals surface area contributed by atoms with Crippen LogP contribution in [0.4, 0.5) is 0 Å². The maximum atomic E-state index is 6.92. The van der Waals surface area contributed by atoms with Gasteiger partial charge in [0.2, 0.25) is 0 Å². The van der Waals surface area contributed by atoms with E-state index in [9.17, 15) is 0 Å². The molecule has 3 heterocycles. The standard InChI is InChI=1S/C72H48N2OSi/c1-6-21-49(22-7-1)51-25-18-26-53(45-51)73-66-37-17-16-33-61(66)64-47-54(40-43-68(64)73)74-67-42-39-52(60-35-19-36-62-71-59(50-23-8-2-9-24-50)34-20-38-70(71)75-72(60)62)46-63(67)65-48-58(41-44-69(65)74)76(55-27-10-3-11-28-55,56-29-12-4-13-30-56)57-31-14-5-15-32-57/h1-48H. The Hall–Kier alpha value is -9.74. The Morgan fingerprint density at radius 1 is 0.263 bits per heavy atom. The van der Waals surface area contributed by atoms with Crippen molar-refractivity contribution in [2.75, 3.05) is 0 Å². The van der Waals surface area contributed by atoms with E-state index in [4.69, 9.17) is 4.42 Å². The zero-order valence-electron chi connectivity index (χ0n) is 41.5. The molecule has 0 amide bonds. The molecule has 12 aromatic carbocycles. The van der Waals surface area contributed by atoms with Crippen LogP contribution in [0.2, 0.25) is 0 Å². The Labute approximate surface area is 441 Å². The van der Waals surface area contributed by atoms with Gasteiger partial charge in [-0.2, -0.15) is 0 Å². The molecule has 0 unspecified atom stereocenters. The monoisotopic (exact) mass is 984 g/mol. The highest BCUT2D eigenvalue weighted by Gasteiger charge is 2.41. The first-order valence-electron chi connectivity index (χ1n) is 26.2. The van der Waals surface area contributed by atoms with Crippen LogP contribution in [0.15, 0.2) is 296 Å². The molecule has 15 aromatic rings. The van der Waals surface area contributed by atoms with Crippen molar-refractivity contribution >= 4 is 94.4 Å². The molecule has 0 fully saturated rings. The number of furan rings is 1. The average molecular weight is 985 g/mol. The van der Waals surface area contributed by atoms with Crippen LogP contribution in [0.5, 0.6) is 0 Å². The lowest BCUT2D eigenvalue weighted by Gasteiger charge is -2.34. The third kappa shape index (κ3) is 6.81. The van der Waals surface area contributed by atoms with E-state index < -0.39 is 8.07 Å². The fourth-order valence-electron chi connectivity index (χ4n) is 12.5. The largest absolute Gasteiger partial charge is 0.455 e. The van der Waals surface area contributed by atoms with Gasteiger partial charge in [0, 0.05) is 49.3 Å². The molecule has 0 N–H and O–H groups in total. The highest BCUT2D eigenvalue weighted by atomic mass is 28.3. The molecular formula is C72H48N2OSi. The maximum Gasteiger partial charge on any atom is 0.179 e. The van der Waals surface area contributed by atoms with E-state index in [1.807, 2.05) is 0 Å². The fourth-order valence-corrected chi connectivity index (χ4v) is 17.3. The second-order valence-electron chi connectivity index (χ2n) is 19.9. The molecule has 0 aliphatic carbocycles. The van der Waals surface area contributed by atoms with E-state index >= 15 is 0 Å². The van der Waals surface area contributed by atoms with Crippen molar-refractivity contribution < 1.29 is 4.42 Å². The maximum absolute atomic E-state index is 6.92. The molecule has 3 nitrogen and oxygen atoms in total. The minimum absolute atomic E-state index is 0.885. The van der Waals surface area contributed by atoms with Gasteiger partial charge in [-0.3, -0.25) is 0 Å². The van der Waals surface area contributed by atoms with Crippen LogP contribution in [0.3, 0.4) is 0 Å². The van der Waals surface area contributed by atoms with Crippen molar-refractivity contribution in [2.45, 2.75) is 0 Å². The molecule has 3 aromatic heterocycles. The van der Waals surface area contributed by atoms with Gasteiger partial charge < -0.3 is 13.6 Å². The summed E-state index contributed by atoms with van der Waals surface area (Å²) < 4.78 is 11.8. The van der Waals surface area contributed by atoms with Gasteiger partial charge in [0.15, 0.2) is 8.07 Å². The SMILES string of the molecule is c1ccc(-c2cccc(-n3c4ccccc4c4cc(-n5c6ccc(-c7cccc8c7oc7cccc(-c9ccccc9)c78)cc6c6cc([Si](c7ccccc7)(c7ccccc7)c7ccccc7)ccc65)ccc43)c2)cc1. The first-order valence-corrected chi connectivity index (χ1v) is 28.2. The third-order valence-corrected chi connectivity index (χ3v) is 20.6. The van der Waals surface area contributed by atoms with Gasteiger partial charge in [-0.25, -0.2) is 0 Å². The molecule has 76 heavy (non-hydrogen) atoms. The summed E-state index contributed by atoms with van der Waals surface area (Å²) in [6, 6.07) is 107. The van der Waals surface area contributed by atoms with Crippen LogP contribution < -0.4 is 20.7 Å². The van der Waals surface area contributed by atoms with Gasteiger partial charge in [-0.1, -0.05) is 231 Å². The lowest BCUT2D eigenvalue weighted by atomic mass is 9.97. The molecule has 4 heteroatoms. The van der Waals surface area contributed by atoms with Gasteiger partial charge in [-0.05, 0) is 109 Å². The normalized spacial score (nSPS) is 11.9. The van der Waals surface area contributed by atoms with Crippen molar-refractivity contribution in [1.82, 2.24) is 9.13 Å². The molecule has 356 valence electrons. The predicted octanol–water partition coefficient (Wildman–Crippen LogP) is 16.2. The Morgan fingerprint density at radius 3 is 1.43 bits per heavy atom. The van der Waals surface area contributed by atoms with E-state index in [-0.39, 0.29) is 0 Å². The first-order chi connectivity index (χ1) is 37.7. The second-order valence-corrected chi connectivity index (χ2v) is 23.8. The summed E-state index contributed by atoms with van der Waals surface area (Å²) in [5.74, 6) is 0. The number of hydrogen-bond donors (Lipinski definition) is 0. The number of nitrogens with zero attached hydrogens (tertiary/aromatic N) is 2. The quantitative estimate of drug-likeness (QED) is 0.104. The summed E-state index contributed by atoms with van der Waals surface area (Å²) >= 11 is 0. The molecule has 0 saturated heterocycles. The van der Waals surface area contributed by atoms with Crippen molar-refractivity contribution in [3.63, 3.8) is 0 Å². The zero-order valence-corrected chi connectivity index (χ0v) is 42.5. The van der Waals surface area contributed by atoms with Gasteiger partial charge in [-0.15, -0.1) is 0 Å². The van der Waals surface area contributed by atoms with Crippen molar-refractivity contribution in [2.24, 2.45) is 0 Å². The second kappa shape index (κ2) is 17.7. The number of benzene rings is 12. The zero-order chi connectivity index (χ0) is 50.2. The molecule has 0 bridgehead atoms. The highest BCUT2D eigenvalue weighted by Crippen LogP contribution is 2.43. The van der Waals surface area contributed by atoms with Crippen LogP contribution in [-0.4, -0.2) is 17.2 Å². The fraction of sp³-hybridized carbons (Fsp3) is 0. The Kier molecular flexibility index (Phi) is 10.2. The number of rotatable bonds is 9. The number of hydrogen-bond acceptors (Lipinski definition) is 1. The number of para-hydroxylation sites is 2.